The highest BCUT2D eigenvalue weighted by Gasteiger charge is 2.04. The lowest BCUT2D eigenvalue weighted by atomic mass is 10.1. The van der Waals surface area contributed by atoms with Gasteiger partial charge in [-0.3, -0.25) is 11.3 Å². The van der Waals surface area contributed by atoms with Crippen molar-refractivity contribution < 1.29 is 0 Å². The molecule has 0 aliphatic heterocycles. The van der Waals surface area contributed by atoms with Crippen LogP contribution in [0.1, 0.15) is 19.3 Å². The molecular weight excluding hydrogens is 150 g/mol. The molecule has 0 saturated carbocycles. The first-order chi connectivity index (χ1) is 5.70. The second-order valence-corrected chi connectivity index (χ2v) is 3.20. The van der Waals surface area contributed by atoms with Crippen molar-refractivity contribution in [2.24, 2.45) is 5.84 Å². The number of nitrogens with one attached hydrogen (secondary N) is 1. The number of rotatable bonds is 6. The maximum absolute atomic E-state index is 5.36. The van der Waals surface area contributed by atoms with Gasteiger partial charge in [0.1, 0.15) is 0 Å². The summed E-state index contributed by atoms with van der Waals surface area (Å²) in [7, 11) is 4.10. The Labute approximate surface area is 75.3 Å². The Morgan fingerprint density at radius 1 is 1.50 bits per heavy atom. The molecule has 3 nitrogen and oxygen atoms in total. The second kappa shape index (κ2) is 7.11. The van der Waals surface area contributed by atoms with Crippen molar-refractivity contribution in [3.8, 4) is 12.3 Å². The minimum absolute atomic E-state index is 0.350. The molecule has 0 bridgehead atoms. The molecule has 0 spiro atoms. The second-order valence-electron chi connectivity index (χ2n) is 3.20. The molecule has 0 saturated heterocycles. The maximum Gasteiger partial charge on any atom is 0.0231 e. The third kappa shape index (κ3) is 6.17. The highest BCUT2D eigenvalue weighted by molar-refractivity contribution is 4.85. The van der Waals surface area contributed by atoms with E-state index in [1.165, 1.54) is 0 Å². The van der Waals surface area contributed by atoms with Crippen LogP contribution in [-0.4, -0.2) is 31.6 Å². The van der Waals surface area contributed by atoms with Gasteiger partial charge in [-0.25, -0.2) is 0 Å². The summed E-state index contributed by atoms with van der Waals surface area (Å²) >= 11 is 0. The van der Waals surface area contributed by atoms with Crippen LogP contribution >= 0.6 is 0 Å². The molecular formula is C9H19N3. The minimum atomic E-state index is 0.350. The number of hydrogen-bond acceptors (Lipinski definition) is 3. The minimum Gasteiger partial charge on any atom is -0.309 e. The predicted octanol–water partition coefficient (Wildman–Crippen LogP) is 0.183. The van der Waals surface area contributed by atoms with Crippen molar-refractivity contribution in [3.63, 3.8) is 0 Å². The summed E-state index contributed by atoms with van der Waals surface area (Å²) in [6.45, 7) is 1.04. The van der Waals surface area contributed by atoms with Gasteiger partial charge in [-0.15, -0.1) is 12.3 Å². The van der Waals surface area contributed by atoms with Crippen LogP contribution in [0.5, 0.6) is 0 Å². The van der Waals surface area contributed by atoms with E-state index < -0.39 is 0 Å². The monoisotopic (exact) mass is 169 g/mol. The van der Waals surface area contributed by atoms with Gasteiger partial charge in [0.25, 0.3) is 0 Å². The van der Waals surface area contributed by atoms with E-state index in [1.54, 1.807) is 0 Å². The van der Waals surface area contributed by atoms with Gasteiger partial charge in [-0.1, -0.05) is 0 Å². The molecule has 0 aromatic carbocycles. The third-order valence-corrected chi connectivity index (χ3v) is 1.80. The van der Waals surface area contributed by atoms with Gasteiger partial charge in [0.05, 0.1) is 0 Å². The number of nitrogens with two attached hydrogens (primary N) is 1. The van der Waals surface area contributed by atoms with Gasteiger partial charge in [-0.2, -0.15) is 0 Å². The average molecular weight is 169 g/mol. The summed E-state index contributed by atoms with van der Waals surface area (Å²) in [5.41, 5.74) is 2.77. The van der Waals surface area contributed by atoms with E-state index in [0.29, 0.717) is 6.04 Å². The Kier molecular flexibility index (Phi) is 6.78. The molecule has 0 aliphatic carbocycles. The normalized spacial score (nSPS) is 12.9. The zero-order valence-corrected chi connectivity index (χ0v) is 8.01. The van der Waals surface area contributed by atoms with Gasteiger partial charge < -0.3 is 4.90 Å². The van der Waals surface area contributed by atoms with Gasteiger partial charge in [0, 0.05) is 12.5 Å². The summed E-state index contributed by atoms with van der Waals surface area (Å²) in [6, 6.07) is 0.350. The SMILES string of the molecule is C#CCCC(CCN(C)C)NN. The van der Waals surface area contributed by atoms with Crippen molar-refractivity contribution >= 4 is 0 Å². The number of terminal acetylenes is 1. The molecule has 1 unspecified atom stereocenters. The van der Waals surface area contributed by atoms with E-state index in [4.69, 9.17) is 12.3 Å². The lowest BCUT2D eigenvalue weighted by Crippen LogP contribution is -2.37. The van der Waals surface area contributed by atoms with Gasteiger partial charge in [0.2, 0.25) is 0 Å². The molecule has 0 fully saturated rings. The molecule has 0 radical (unpaired) electrons. The Balaban J connectivity index is 3.47. The average Bonchev–Trinajstić information content (AvgIpc) is 2.05. The fourth-order valence-electron chi connectivity index (χ4n) is 0.983. The predicted molar refractivity (Wildman–Crippen MR) is 52.3 cm³/mol. The Morgan fingerprint density at radius 3 is 2.58 bits per heavy atom. The molecule has 0 amide bonds. The van der Waals surface area contributed by atoms with E-state index >= 15 is 0 Å². The first kappa shape index (κ1) is 11.4. The van der Waals surface area contributed by atoms with E-state index in [1.807, 2.05) is 0 Å². The van der Waals surface area contributed by atoms with Crippen LogP contribution in [0.3, 0.4) is 0 Å². The van der Waals surface area contributed by atoms with Crippen LogP contribution < -0.4 is 11.3 Å². The van der Waals surface area contributed by atoms with Crippen molar-refractivity contribution in [1.29, 1.82) is 0 Å². The molecule has 12 heavy (non-hydrogen) atoms. The zero-order valence-electron chi connectivity index (χ0n) is 8.01. The lowest BCUT2D eigenvalue weighted by molar-refractivity contribution is 0.352. The smallest absolute Gasteiger partial charge is 0.0231 e. The van der Waals surface area contributed by atoms with Crippen LogP contribution in [0.25, 0.3) is 0 Å². The quantitative estimate of drug-likeness (QED) is 0.339. The van der Waals surface area contributed by atoms with Gasteiger partial charge in [-0.05, 0) is 33.5 Å². The van der Waals surface area contributed by atoms with Gasteiger partial charge in [0.15, 0.2) is 0 Å². The van der Waals surface area contributed by atoms with Crippen molar-refractivity contribution in [3.05, 3.63) is 0 Å². The largest absolute Gasteiger partial charge is 0.309 e. The topological polar surface area (TPSA) is 41.3 Å². The van der Waals surface area contributed by atoms with Crippen LogP contribution in [0.15, 0.2) is 0 Å². The molecule has 0 aromatic rings. The molecule has 0 aromatic heterocycles. The first-order valence-corrected chi connectivity index (χ1v) is 4.25. The number of hydrogen-bond donors (Lipinski definition) is 2. The fraction of sp³-hybridized carbons (Fsp3) is 0.778. The fourth-order valence-corrected chi connectivity index (χ4v) is 0.983. The Morgan fingerprint density at radius 2 is 2.17 bits per heavy atom. The van der Waals surface area contributed by atoms with E-state index in [-0.39, 0.29) is 0 Å². The van der Waals surface area contributed by atoms with E-state index in [2.05, 4.69) is 30.3 Å². The third-order valence-electron chi connectivity index (χ3n) is 1.80. The molecule has 0 heterocycles. The lowest BCUT2D eigenvalue weighted by Gasteiger charge is -2.17. The van der Waals surface area contributed by atoms with Crippen LogP contribution in [0.4, 0.5) is 0 Å². The summed E-state index contributed by atoms with van der Waals surface area (Å²) in [5, 5.41) is 0. The van der Waals surface area contributed by atoms with Crippen LogP contribution in [0, 0.1) is 12.3 Å². The van der Waals surface area contributed by atoms with Crippen LogP contribution in [0.2, 0.25) is 0 Å². The Hall–Kier alpha value is -0.560. The summed E-state index contributed by atoms with van der Waals surface area (Å²) in [6.07, 6.45) is 7.96. The molecule has 3 N–H and O–H groups in total. The molecule has 3 heteroatoms. The van der Waals surface area contributed by atoms with E-state index in [0.717, 1.165) is 25.8 Å². The Bertz CT molecular complexity index is 137. The highest BCUT2D eigenvalue weighted by Crippen LogP contribution is 2.00. The molecule has 0 aliphatic rings. The van der Waals surface area contributed by atoms with Crippen molar-refractivity contribution in [1.82, 2.24) is 10.3 Å². The van der Waals surface area contributed by atoms with Gasteiger partial charge >= 0.3 is 0 Å². The van der Waals surface area contributed by atoms with E-state index in [9.17, 15) is 0 Å². The summed E-state index contributed by atoms with van der Waals surface area (Å²) in [5.74, 6) is 7.97. The maximum atomic E-state index is 5.36. The summed E-state index contributed by atoms with van der Waals surface area (Å²) < 4.78 is 0. The van der Waals surface area contributed by atoms with Crippen LogP contribution in [-0.2, 0) is 0 Å². The number of hydrazine groups is 1. The number of nitrogens with zero attached hydrogens (tertiary/aromatic N) is 1. The standard InChI is InChI=1S/C9H19N3/c1-4-5-6-9(11-10)7-8-12(2)3/h1,9,11H,5-8,10H2,2-3H3. The van der Waals surface area contributed by atoms with Crippen molar-refractivity contribution in [2.45, 2.75) is 25.3 Å². The summed E-state index contributed by atoms with van der Waals surface area (Å²) in [4.78, 5) is 2.14. The first-order valence-electron chi connectivity index (χ1n) is 4.25. The van der Waals surface area contributed by atoms with Crippen molar-refractivity contribution in [2.75, 3.05) is 20.6 Å². The molecule has 0 rings (SSSR count). The zero-order chi connectivity index (χ0) is 9.40. The highest BCUT2D eigenvalue weighted by atomic mass is 15.2. The molecule has 1 atom stereocenters. The molecule has 70 valence electrons.